The fraction of sp³-hybridized carbons (Fsp3) is 0.889. The highest BCUT2D eigenvalue weighted by Gasteiger charge is 2.10. The van der Waals surface area contributed by atoms with Gasteiger partial charge in [-0.2, -0.15) is 0 Å². The Hall–Kier alpha value is -0.650. The van der Waals surface area contributed by atoms with Crippen LogP contribution in [0.1, 0.15) is 19.8 Å². The molecule has 0 bridgehead atoms. The summed E-state index contributed by atoms with van der Waals surface area (Å²) in [6.45, 7) is 2.57. The molecule has 0 aliphatic rings. The summed E-state index contributed by atoms with van der Waals surface area (Å²) < 4.78 is 4.74. The number of ether oxygens (including phenoxy) is 1. The molecule has 0 aromatic carbocycles. The van der Waals surface area contributed by atoms with Crippen LogP contribution < -0.4 is 11.1 Å². The third-order valence-corrected chi connectivity index (χ3v) is 1.91. The molecule has 1 unspecified atom stereocenters. The van der Waals surface area contributed by atoms with Crippen LogP contribution in [0.25, 0.3) is 0 Å². The lowest BCUT2D eigenvalue weighted by Gasteiger charge is -2.12. The summed E-state index contributed by atoms with van der Waals surface area (Å²) in [4.78, 5) is 11.2. The molecule has 0 aromatic heterocycles. The van der Waals surface area contributed by atoms with Crippen LogP contribution in [0.4, 0.5) is 0 Å². The molecule has 0 radical (unpaired) electrons. The summed E-state index contributed by atoms with van der Waals surface area (Å²) in [5, 5.41) is 11.9. The van der Waals surface area contributed by atoms with Gasteiger partial charge in [-0.1, -0.05) is 6.92 Å². The zero-order chi connectivity index (χ0) is 11.0. The first-order valence-electron chi connectivity index (χ1n) is 4.82. The minimum absolute atomic E-state index is 0.169. The van der Waals surface area contributed by atoms with Gasteiger partial charge in [0.2, 0.25) is 5.91 Å². The average Bonchev–Trinajstić information content (AvgIpc) is 2.16. The maximum Gasteiger partial charge on any atom is 0.236 e. The predicted molar refractivity (Wildman–Crippen MR) is 53.8 cm³/mol. The summed E-state index contributed by atoms with van der Waals surface area (Å²) in [6.07, 6.45) is 0.570. The van der Waals surface area contributed by atoms with Gasteiger partial charge in [0.1, 0.15) is 0 Å². The van der Waals surface area contributed by atoms with Crippen molar-refractivity contribution in [3.8, 4) is 0 Å². The van der Waals surface area contributed by atoms with Crippen molar-refractivity contribution < 1.29 is 14.6 Å². The Kier molecular flexibility index (Phi) is 7.37. The van der Waals surface area contributed by atoms with Crippen molar-refractivity contribution in [2.45, 2.75) is 31.9 Å². The van der Waals surface area contributed by atoms with Crippen molar-refractivity contribution in [1.82, 2.24) is 5.32 Å². The third-order valence-electron chi connectivity index (χ3n) is 1.91. The number of carbonyl (C=O) groups excluding carboxylic acids is 1. The number of methoxy groups -OCH3 is 1. The van der Waals surface area contributed by atoms with E-state index in [0.717, 1.165) is 0 Å². The van der Waals surface area contributed by atoms with E-state index in [4.69, 9.17) is 10.5 Å². The van der Waals surface area contributed by atoms with E-state index in [-0.39, 0.29) is 12.5 Å². The van der Waals surface area contributed by atoms with Crippen LogP contribution in [0, 0.1) is 0 Å². The van der Waals surface area contributed by atoms with E-state index in [1.165, 1.54) is 7.11 Å². The molecule has 0 saturated carbocycles. The topological polar surface area (TPSA) is 84.6 Å². The summed E-state index contributed by atoms with van der Waals surface area (Å²) in [6, 6.07) is -0.449. The summed E-state index contributed by atoms with van der Waals surface area (Å²) in [7, 11) is 1.52. The highest BCUT2D eigenvalue weighted by Crippen LogP contribution is 1.91. The zero-order valence-corrected chi connectivity index (χ0v) is 8.82. The molecule has 0 fully saturated rings. The highest BCUT2D eigenvalue weighted by molar-refractivity contribution is 5.81. The normalized spacial score (nSPS) is 14.9. The Morgan fingerprint density at radius 3 is 2.79 bits per heavy atom. The van der Waals surface area contributed by atoms with E-state index < -0.39 is 12.1 Å². The van der Waals surface area contributed by atoms with Gasteiger partial charge in [0, 0.05) is 13.7 Å². The minimum atomic E-state index is -0.529. The lowest BCUT2D eigenvalue weighted by atomic mass is 10.2. The van der Waals surface area contributed by atoms with E-state index in [9.17, 15) is 9.90 Å². The Morgan fingerprint density at radius 2 is 2.29 bits per heavy atom. The van der Waals surface area contributed by atoms with Crippen molar-refractivity contribution in [3.05, 3.63) is 0 Å². The molecule has 1 amide bonds. The predicted octanol–water partition coefficient (Wildman–Crippen LogP) is -0.763. The van der Waals surface area contributed by atoms with Gasteiger partial charge in [0.25, 0.3) is 0 Å². The molecule has 14 heavy (non-hydrogen) atoms. The Balaban J connectivity index is 3.48. The molecule has 0 aliphatic heterocycles. The first-order chi connectivity index (χ1) is 6.61. The van der Waals surface area contributed by atoms with Gasteiger partial charge in [0.15, 0.2) is 0 Å². The molecule has 84 valence electrons. The lowest BCUT2D eigenvalue weighted by Crippen LogP contribution is -2.41. The molecular weight excluding hydrogens is 184 g/mol. The van der Waals surface area contributed by atoms with E-state index in [2.05, 4.69) is 5.32 Å². The van der Waals surface area contributed by atoms with Gasteiger partial charge >= 0.3 is 0 Å². The fourth-order valence-electron chi connectivity index (χ4n) is 0.954. The SMILES string of the molecule is CC[C@@H](N)C(=O)NCCC(O)COC. The molecule has 2 atom stereocenters. The minimum Gasteiger partial charge on any atom is -0.391 e. The Labute approximate surface area is 84.6 Å². The molecule has 5 nitrogen and oxygen atoms in total. The largest absolute Gasteiger partial charge is 0.391 e. The summed E-state index contributed by atoms with van der Waals surface area (Å²) in [5.74, 6) is -0.169. The monoisotopic (exact) mass is 204 g/mol. The van der Waals surface area contributed by atoms with Crippen LogP contribution in [0.5, 0.6) is 0 Å². The van der Waals surface area contributed by atoms with Gasteiger partial charge in [0.05, 0.1) is 18.8 Å². The number of nitrogens with two attached hydrogens (primary N) is 1. The third kappa shape index (κ3) is 5.90. The average molecular weight is 204 g/mol. The summed E-state index contributed by atoms with van der Waals surface area (Å²) in [5.41, 5.74) is 5.49. The van der Waals surface area contributed by atoms with Gasteiger partial charge in [-0.15, -0.1) is 0 Å². The maximum atomic E-state index is 11.2. The first-order valence-corrected chi connectivity index (χ1v) is 4.82. The second kappa shape index (κ2) is 7.73. The van der Waals surface area contributed by atoms with Crippen LogP contribution in [-0.2, 0) is 9.53 Å². The fourth-order valence-corrected chi connectivity index (χ4v) is 0.954. The first kappa shape index (κ1) is 13.4. The van der Waals surface area contributed by atoms with Crippen molar-refractivity contribution in [2.75, 3.05) is 20.3 Å². The number of hydrogen-bond acceptors (Lipinski definition) is 4. The quantitative estimate of drug-likeness (QED) is 0.509. The number of aliphatic hydroxyl groups is 1. The smallest absolute Gasteiger partial charge is 0.236 e. The second-order valence-corrected chi connectivity index (χ2v) is 3.20. The van der Waals surface area contributed by atoms with Gasteiger partial charge in [-0.25, -0.2) is 0 Å². The van der Waals surface area contributed by atoms with Crippen LogP contribution in [0.15, 0.2) is 0 Å². The molecule has 4 N–H and O–H groups in total. The number of aliphatic hydroxyl groups excluding tert-OH is 1. The van der Waals surface area contributed by atoms with Gasteiger partial charge in [-0.3, -0.25) is 4.79 Å². The van der Waals surface area contributed by atoms with Crippen molar-refractivity contribution >= 4 is 5.91 Å². The van der Waals surface area contributed by atoms with E-state index in [1.807, 2.05) is 6.92 Å². The van der Waals surface area contributed by atoms with E-state index in [0.29, 0.717) is 19.4 Å². The number of rotatable bonds is 7. The molecule has 0 heterocycles. The second-order valence-electron chi connectivity index (χ2n) is 3.20. The molecule has 0 rings (SSSR count). The van der Waals surface area contributed by atoms with Crippen LogP contribution >= 0.6 is 0 Å². The van der Waals surface area contributed by atoms with Crippen LogP contribution in [-0.4, -0.2) is 43.4 Å². The number of amides is 1. The molecule has 0 spiro atoms. The summed E-state index contributed by atoms with van der Waals surface area (Å²) >= 11 is 0. The van der Waals surface area contributed by atoms with Gasteiger partial charge in [-0.05, 0) is 12.8 Å². The van der Waals surface area contributed by atoms with Crippen LogP contribution in [0.2, 0.25) is 0 Å². The number of hydrogen-bond donors (Lipinski definition) is 3. The van der Waals surface area contributed by atoms with Gasteiger partial charge < -0.3 is 20.9 Å². The Bertz CT molecular complexity index is 164. The highest BCUT2D eigenvalue weighted by atomic mass is 16.5. The Morgan fingerprint density at radius 1 is 1.64 bits per heavy atom. The molecule has 0 saturated heterocycles. The molecular formula is C9H20N2O3. The molecule has 0 aliphatic carbocycles. The lowest BCUT2D eigenvalue weighted by molar-refractivity contribution is -0.122. The number of carbonyl (C=O) groups is 1. The van der Waals surface area contributed by atoms with Crippen molar-refractivity contribution in [3.63, 3.8) is 0 Å². The van der Waals surface area contributed by atoms with E-state index in [1.54, 1.807) is 0 Å². The molecule has 0 aromatic rings. The van der Waals surface area contributed by atoms with Crippen molar-refractivity contribution in [2.24, 2.45) is 5.73 Å². The number of nitrogens with one attached hydrogen (secondary N) is 1. The standard InChI is InChI=1S/C9H20N2O3/c1-3-8(10)9(13)11-5-4-7(12)6-14-2/h7-8,12H,3-6,10H2,1-2H3,(H,11,13)/t7?,8-/m1/s1. The van der Waals surface area contributed by atoms with Crippen molar-refractivity contribution in [1.29, 1.82) is 0 Å². The van der Waals surface area contributed by atoms with Crippen LogP contribution in [0.3, 0.4) is 0 Å². The maximum absolute atomic E-state index is 11.2. The van der Waals surface area contributed by atoms with E-state index >= 15 is 0 Å². The molecule has 5 heteroatoms. The zero-order valence-electron chi connectivity index (χ0n) is 8.82.